The lowest BCUT2D eigenvalue weighted by molar-refractivity contribution is -0.136. The number of methoxy groups -OCH3 is 1. The highest BCUT2D eigenvalue weighted by molar-refractivity contribution is 6.34. The molecule has 0 aliphatic carbocycles. The maximum absolute atomic E-state index is 13.1. The summed E-state index contributed by atoms with van der Waals surface area (Å²) in [5.74, 6) is -0.274. The van der Waals surface area contributed by atoms with E-state index in [9.17, 15) is 4.79 Å². The number of halogens is 3. The number of hydrazone groups is 1. The van der Waals surface area contributed by atoms with E-state index in [0.29, 0.717) is 21.5 Å². The smallest absolute Gasteiger partial charge is 0.269 e. The van der Waals surface area contributed by atoms with Crippen LogP contribution in [-0.2, 0) is 9.53 Å². The molecule has 0 saturated heterocycles. The van der Waals surface area contributed by atoms with Gasteiger partial charge >= 0.3 is 0 Å². The summed E-state index contributed by atoms with van der Waals surface area (Å²) in [6, 6.07) is 20.5. The summed E-state index contributed by atoms with van der Waals surface area (Å²) < 4.78 is 5.14. The van der Waals surface area contributed by atoms with Crippen molar-refractivity contribution in [1.82, 2.24) is 9.99 Å². The summed E-state index contributed by atoms with van der Waals surface area (Å²) in [6.07, 6.45) is 0.434. The lowest BCUT2D eigenvalue weighted by Gasteiger charge is -2.22. The van der Waals surface area contributed by atoms with Gasteiger partial charge in [0.25, 0.3) is 5.91 Å². The Hall–Kier alpha value is -2.96. The molecule has 5 nitrogen and oxygen atoms in total. The molecule has 0 fully saturated rings. The van der Waals surface area contributed by atoms with Gasteiger partial charge in [-0.25, -0.2) is 5.01 Å². The SMILES string of the molecule is COCC(=O)N1N=C(c2c(C)nc3ccc(Cl)cc3c2-c2ccccc2)CC1c1cc(Cl)ccc1Cl. The zero-order valence-electron chi connectivity index (χ0n) is 19.6. The number of aryl methyl sites for hydroxylation is 1. The predicted octanol–water partition coefficient (Wildman–Crippen LogP) is 7.49. The molecule has 1 atom stereocenters. The molecule has 1 aliphatic heterocycles. The first kappa shape index (κ1) is 24.7. The summed E-state index contributed by atoms with van der Waals surface area (Å²) in [5.41, 5.74) is 5.93. The Morgan fingerprint density at radius 1 is 1.00 bits per heavy atom. The maximum atomic E-state index is 13.1. The van der Waals surface area contributed by atoms with E-state index in [4.69, 9.17) is 49.6 Å². The molecule has 0 radical (unpaired) electrons. The van der Waals surface area contributed by atoms with Crippen LogP contribution in [-0.4, -0.2) is 35.3 Å². The number of benzene rings is 3. The maximum Gasteiger partial charge on any atom is 0.269 e. The van der Waals surface area contributed by atoms with Gasteiger partial charge in [-0.05, 0) is 54.4 Å². The van der Waals surface area contributed by atoms with Crippen molar-refractivity contribution in [2.45, 2.75) is 19.4 Å². The van der Waals surface area contributed by atoms with Crippen LogP contribution in [0, 0.1) is 6.92 Å². The monoisotopic (exact) mass is 537 g/mol. The number of aromatic nitrogens is 1. The molecular weight excluding hydrogens is 517 g/mol. The number of hydrogen-bond acceptors (Lipinski definition) is 4. The third-order valence-corrected chi connectivity index (χ3v) is 7.04. The topological polar surface area (TPSA) is 54.8 Å². The summed E-state index contributed by atoms with van der Waals surface area (Å²) in [6.45, 7) is 1.85. The normalized spacial score (nSPS) is 15.4. The quantitative estimate of drug-likeness (QED) is 0.264. The minimum Gasteiger partial charge on any atom is -0.375 e. The summed E-state index contributed by atoms with van der Waals surface area (Å²) in [5, 5.41) is 8.85. The third-order valence-electron chi connectivity index (χ3n) is 6.23. The first-order valence-corrected chi connectivity index (χ1v) is 12.5. The highest BCUT2D eigenvalue weighted by Gasteiger charge is 2.36. The number of pyridine rings is 1. The van der Waals surface area contributed by atoms with E-state index < -0.39 is 6.04 Å². The van der Waals surface area contributed by atoms with Gasteiger partial charge in [-0.2, -0.15) is 5.10 Å². The molecule has 0 saturated carbocycles. The number of hydrogen-bond donors (Lipinski definition) is 0. The molecule has 4 aromatic rings. The Labute approximate surface area is 224 Å². The molecule has 8 heteroatoms. The fourth-order valence-electron chi connectivity index (χ4n) is 4.71. The standard InChI is InChI=1S/C28H22Cl3N3O2/c1-16-27(28(17-6-4-3-5-7-17)21-13-19(30)9-11-23(21)32-16)24-14-25(34(33-24)26(35)15-36-2)20-12-18(29)8-10-22(20)31/h3-13,25H,14-15H2,1-2H3. The molecule has 1 unspecified atom stereocenters. The van der Waals surface area contributed by atoms with Crippen molar-refractivity contribution < 1.29 is 9.53 Å². The minimum absolute atomic E-state index is 0.110. The van der Waals surface area contributed by atoms with Gasteiger partial charge in [0.15, 0.2) is 0 Å². The molecule has 1 aromatic heterocycles. The second kappa shape index (κ2) is 10.2. The van der Waals surface area contributed by atoms with E-state index in [-0.39, 0.29) is 12.5 Å². The van der Waals surface area contributed by atoms with Crippen LogP contribution in [0.15, 0.2) is 71.8 Å². The molecular formula is C28H22Cl3N3O2. The predicted molar refractivity (Wildman–Crippen MR) is 146 cm³/mol. The van der Waals surface area contributed by atoms with E-state index >= 15 is 0 Å². The van der Waals surface area contributed by atoms with Crippen molar-refractivity contribution in [1.29, 1.82) is 0 Å². The van der Waals surface area contributed by atoms with Crippen LogP contribution in [0.1, 0.15) is 29.3 Å². The van der Waals surface area contributed by atoms with Gasteiger partial charge < -0.3 is 4.74 Å². The highest BCUT2D eigenvalue weighted by Crippen LogP contribution is 2.41. The number of ether oxygens (including phenoxy) is 1. The zero-order valence-corrected chi connectivity index (χ0v) is 21.9. The summed E-state index contributed by atoms with van der Waals surface area (Å²) in [7, 11) is 1.48. The van der Waals surface area contributed by atoms with Crippen LogP contribution in [0.2, 0.25) is 15.1 Å². The lowest BCUT2D eigenvalue weighted by atomic mass is 9.89. The molecule has 2 heterocycles. The molecule has 1 amide bonds. The minimum atomic E-state index is -0.438. The van der Waals surface area contributed by atoms with Crippen LogP contribution in [0.3, 0.4) is 0 Å². The second-order valence-corrected chi connectivity index (χ2v) is 9.86. The van der Waals surface area contributed by atoms with Crippen LogP contribution >= 0.6 is 34.8 Å². The molecule has 0 N–H and O–H groups in total. The summed E-state index contributed by atoms with van der Waals surface area (Å²) in [4.78, 5) is 18.0. The van der Waals surface area contributed by atoms with Gasteiger partial charge in [0, 0.05) is 50.8 Å². The van der Waals surface area contributed by atoms with Crippen LogP contribution in [0.4, 0.5) is 0 Å². The molecule has 182 valence electrons. The Balaban J connectivity index is 1.74. The molecule has 36 heavy (non-hydrogen) atoms. The largest absolute Gasteiger partial charge is 0.375 e. The van der Waals surface area contributed by atoms with Crippen molar-refractivity contribution in [3.8, 4) is 11.1 Å². The van der Waals surface area contributed by atoms with Gasteiger partial charge in [0.2, 0.25) is 0 Å². The molecule has 3 aromatic carbocycles. The van der Waals surface area contributed by atoms with Gasteiger partial charge in [-0.15, -0.1) is 0 Å². The molecule has 1 aliphatic rings. The average molecular weight is 539 g/mol. The fraction of sp³-hybridized carbons (Fsp3) is 0.179. The first-order chi connectivity index (χ1) is 17.4. The fourth-order valence-corrected chi connectivity index (χ4v) is 5.31. The lowest BCUT2D eigenvalue weighted by Crippen LogP contribution is -2.30. The van der Waals surface area contributed by atoms with E-state index in [1.54, 1.807) is 18.2 Å². The van der Waals surface area contributed by atoms with E-state index in [1.807, 2.05) is 55.5 Å². The third kappa shape index (κ3) is 4.60. The van der Waals surface area contributed by atoms with Crippen molar-refractivity contribution >= 4 is 57.3 Å². The van der Waals surface area contributed by atoms with Crippen LogP contribution in [0.5, 0.6) is 0 Å². The van der Waals surface area contributed by atoms with E-state index in [1.165, 1.54) is 12.1 Å². The molecule has 0 spiro atoms. The van der Waals surface area contributed by atoms with Gasteiger partial charge in [-0.3, -0.25) is 9.78 Å². The number of carbonyl (C=O) groups is 1. The Bertz CT molecular complexity index is 1510. The Morgan fingerprint density at radius 2 is 1.72 bits per heavy atom. The first-order valence-electron chi connectivity index (χ1n) is 11.4. The van der Waals surface area contributed by atoms with Gasteiger partial charge in [-0.1, -0.05) is 65.1 Å². The van der Waals surface area contributed by atoms with Crippen molar-refractivity contribution in [3.63, 3.8) is 0 Å². The Morgan fingerprint density at radius 3 is 2.47 bits per heavy atom. The highest BCUT2D eigenvalue weighted by atomic mass is 35.5. The molecule has 0 bridgehead atoms. The zero-order chi connectivity index (χ0) is 25.4. The average Bonchev–Trinajstić information content (AvgIpc) is 3.30. The second-order valence-electron chi connectivity index (χ2n) is 8.58. The van der Waals surface area contributed by atoms with Crippen LogP contribution < -0.4 is 0 Å². The number of nitrogens with zero attached hydrogens (tertiary/aromatic N) is 3. The number of rotatable bonds is 5. The van der Waals surface area contributed by atoms with Crippen molar-refractivity contribution in [3.05, 3.63) is 98.6 Å². The number of carbonyl (C=O) groups excluding carboxylic acids is 1. The summed E-state index contributed by atoms with van der Waals surface area (Å²) >= 11 is 19.3. The van der Waals surface area contributed by atoms with Crippen molar-refractivity contribution in [2.75, 3.05) is 13.7 Å². The number of amides is 1. The van der Waals surface area contributed by atoms with Gasteiger partial charge in [0.05, 0.1) is 17.3 Å². The Kier molecular flexibility index (Phi) is 7.00. The number of fused-ring (bicyclic) bond motifs is 1. The van der Waals surface area contributed by atoms with E-state index in [0.717, 1.165) is 44.6 Å². The van der Waals surface area contributed by atoms with Gasteiger partial charge in [0.1, 0.15) is 6.61 Å². The van der Waals surface area contributed by atoms with Crippen molar-refractivity contribution in [2.24, 2.45) is 5.10 Å². The molecule has 5 rings (SSSR count). The van der Waals surface area contributed by atoms with E-state index in [2.05, 4.69) is 0 Å². The van der Waals surface area contributed by atoms with Crippen LogP contribution in [0.25, 0.3) is 22.0 Å².